The molecule has 1 aromatic heterocycles. The highest BCUT2D eigenvalue weighted by Crippen LogP contribution is 2.19. The van der Waals surface area contributed by atoms with Crippen molar-refractivity contribution in [3.8, 4) is 0 Å². The van der Waals surface area contributed by atoms with Gasteiger partial charge < -0.3 is 5.32 Å². The third-order valence-corrected chi connectivity index (χ3v) is 3.19. The van der Waals surface area contributed by atoms with E-state index in [2.05, 4.69) is 21.2 Å². The third-order valence-electron chi connectivity index (χ3n) is 2.70. The summed E-state index contributed by atoms with van der Waals surface area (Å²) in [6.45, 7) is -0.462. The largest absolute Gasteiger partial charge is 0.322 e. The van der Waals surface area contributed by atoms with Gasteiger partial charge in [-0.25, -0.2) is 4.39 Å². The van der Waals surface area contributed by atoms with Crippen molar-refractivity contribution in [2.24, 2.45) is 0 Å². The summed E-state index contributed by atoms with van der Waals surface area (Å²) in [5.41, 5.74) is -0.939. The van der Waals surface area contributed by atoms with Gasteiger partial charge in [-0.05, 0) is 18.2 Å². The van der Waals surface area contributed by atoms with Crippen molar-refractivity contribution in [2.75, 3.05) is 5.32 Å². The first-order chi connectivity index (χ1) is 10.4. The number of anilines is 1. The maximum atomic E-state index is 13.6. The topological polar surface area (TPSA) is 94.2 Å². The Morgan fingerprint density at radius 2 is 2.09 bits per heavy atom. The number of hydrogen-bond donors (Lipinski definition) is 1. The van der Waals surface area contributed by atoms with Gasteiger partial charge in [0.05, 0.1) is 16.8 Å². The van der Waals surface area contributed by atoms with Crippen molar-refractivity contribution in [1.82, 2.24) is 4.57 Å². The van der Waals surface area contributed by atoms with Gasteiger partial charge >= 0.3 is 0 Å². The van der Waals surface area contributed by atoms with Gasteiger partial charge in [-0.2, -0.15) is 0 Å². The summed E-state index contributed by atoms with van der Waals surface area (Å²) in [7, 11) is 0. The molecule has 0 atom stereocenters. The molecule has 1 aromatic carbocycles. The quantitative estimate of drug-likeness (QED) is 0.660. The van der Waals surface area contributed by atoms with Crippen molar-refractivity contribution in [3.05, 3.63) is 67.3 Å². The number of aromatic nitrogens is 1. The molecule has 1 amide bonds. The molecular formula is C13H9BrFN3O4. The van der Waals surface area contributed by atoms with E-state index in [0.717, 1.165) is 22.9 Å². The van der Waals surface area contributed by atoms with E-state index in [1.165, 1.54) is 18.2 Å². The molecule has 114 valence electrons. The summed E-state index contributed by atoms with van der Waals surface area (Å²) in [5, 5.41) is 13.0. The Labute approximate surface area is 131 Å². The van der Waals surface area contributed by atoms with Crippen LogP contribution in [-0.2, 0) is 11.3 Å². The first-order valence-corrected chi connectivity index (χ1v) is 6.76. The van der Waals surface area contributed by atoms with Gasteiger partial charge in [0.15, 0.2) is 0 Å². The highest BCUT2D eigenvalue weighted by atomic mass is 79.9. The van der Waals surface area contributed by atoms with Crippen LogP contribution in [0.2, 0.25) is 0 Å². The van der Waals surface area contributed by atoms with E-state index < -0.39 is 28.8 Å². The maximum absolute atomic E-state index is 13.6. The van der Waals surface area contributed by atoms with Crippen LogP contribution in [0.15, 0.2) is 45.8 Å². The second-order valence-electron chi connectivity index (χ2n) is 4.28. The summed E-state index contributed by atoms with van der Waals surface area (Å²) in [6.07, 6.45) is 0.958. The number of hydrogen-bond acceptors (Lipinski definition) is 4. The van der Waals surface area contributed by atoms with Gasteiger partial charge in [-0.15, -0.1) is 0 Å². The third kappa shape index (κ3) is 3.76. The Morgan fingerprint density at radius 1 is 1.36 bits per heavy atom. The summed E-state index contributed by atoms with van der Waals surface area (Å²) in [6, 6.07) is 6.11. The highest BCUT2D eigenvalue weighted by molar-refractivity contribution is 9.10. The number of nitrogens with zero attached hydrogens (tertiary/aromatic N) is 2. The van der Waals surface area contributed by atoms with E-state index in [-0.39, 0.29) is 11.4 Å². The van der Waals surface area contributed by atoms with Crippen LogP contribution < -0.4 is 10.9 Å². The summed E-state index contributed by atoms with van der Waals surface area (Å²) < 4.78 is 15.0. The van der Waals surface area contributed by atoms with E-state index in [4.69, 9.17) is 0 Å². The predicted molar refractivity (Wildman–Crippen MR) is 80.1 cm³/mol. The van der Waals surface area contributed by atoms with E-state index in [1.807, 2.05) is 0 Å². The van der Waals surface area contributed by atoms with Crippen LogP contribution >= 0.6 is 15.9 Å². The SMILES string of the molecule is O=C(Cn1cc([N+](=O)[O-])ccc1=O)Nc1ccc(Br)cc1F. The lowest BCUT2D eigenvalue weighted by Crippen LogP contribution is -2.27. The van der Waals surface area contributed by atoms with Crippen LogP contribution in [0.3, 0.4) is 0 Å². The average molecular weight is 370 g/mol. The molecule has 0 aliphatic heterocycles. The number of halogens is 2. The van der Waals surface area contributed by atoms with Gasteiger partial charge in [-0.3, -0.25) is 24.3 Å². The molecule has 0 radical (unpaired) electrons. The second-order valence-corrected chi connectivity index (χ2v) is 5.20. The lowest BCUT2D eigenvalue weighted by Gasteiger charge is -2.08. The van der Waals surface area contributed by atoms with Crippen molar-refractivity contribution in [1.29, 1.82) is 0 Å². The Bertz CT molecular complexity index is 806. The molecule has 2 rings (SSSR count). The number of benzene rings is 1. The normalized spacial score (nSPS) is 10.3. The summed E-state index contributed by atoms with van der Waals surface area (Å²) in [4.78, 5) is 33.4. The van der Waals surface area contributed by atoms with Crippen LogP contribution in [-0.4, -0.2) is 15.4 Å². The standard InChI is InChI=1S/C13H9BrFN3O4/c14-8-1-3-11(10(15)5-8)16-12(19)7-17-6-9(18(21)22)2-4-13(17)20/h1-6H,7H2,(H,16,19). The van der Waals surface area contributed by atoms with Crippen molar-refractivity contribution < 1.29 is 14.1 Å². The van der Waals surface area contributed by atoms with Crippen LogP contribution in [0.4, 0.5) is 15.8 Å². The molecule has 0 bridgehead atoms. The molecule has 0 aliphatic carbocycles. The first-order valence-electron chi connectivity index (χ1n) is 5.96. The molecule has 9 heteroatoms. The Hall–Kier alpha value is -2.55. The zero-order chi connectivity index (χ0) is 16.3. The van der Waals surface area contributed by atoms with Gasteiger partial charge in [0.25, 0.3) is 11.2 Å². The van der Waals surface area contributed by atoms with Gasteiger partial charge in [0.1, 0.15) is 12.4 Å². The molecule has 0 saturated heterocycles. The van der Waals surface area contributed by atoms with E-state index >= 15 is 0 Å². The van der Waals surface area contributed by atoms with Crippen molar-refractivity contribution in [2.45, 2.75) is 6.54 Å². The number of pyridine rings is 1. The summed E-state index contributed by atoms with van der Waals surface area (Å²) in [5.74, 6) is -1.32. The predicted octanol–water partition coefficient (Wildman–Crippen LogP) is 2.30. The van der Waals surface area contributed by atoms with Crippen LogP contribution in [0, 0.1) is 15.9 Å². The lowest BCUT2D eigenvalue weighted by molar-refractivity contribution is -0.385. The van der Waals surface area contributed by atoms with Gasteiger partial charge in [-0.1, -0.05) is 15.9 Å². The number of amides is 1. The van der Waals surface area contributed by atoms with E-state index in [9.17, 15) is 24.1 Å². The Kier molecular flexibility index (Phi) is 4.66. The highest BCUT2D eigenvalue weighted by Gasteiger charge is 2.12. The molecule has 0 spiro atoms. The fourth-order valence-corrected chi connectivity index (χ4v) is 2.02. The molecule has 2 aromatic rings. The average Bonchev–Trinajstić information content (AvgIpc) is 2.44. The minimum absolute atomic E-state index is 0.0494. The molecule has 0 fully saturated rings. The monoisotopic (exact) mass is 369 g/mol. The molecule has 22 heavy (non-hydrogen) atoms. The van der Waals surface area contributed by atoms with Crippen molar-refractivity contribution >= 4 is 33.2 Å². The minimum Gasteiger partial charge on any atom is -0.322 e. The fourth-order valence-electron chi connectivity index (χ4n) is 1.69. The zero-order valence-corrected chi connectivity index (χ0v) is 12.5. The Morgan fingerprint density at radius 3 is 2.73 bits per heavy atom. The molecule has 7 nitrogen and oxygen atoms in total. The molecular weight excluding hydrogens is 361 g/mol. The number of carbonyl (C=O) groups is 1. The number of carbonyl (C=O) groups excluding carboxylic acids is 1. The van der Waals surface area contributed by atoms with Gasteiger partial charge in [0.2, 0.25) is 5.91 Å². The van der Waals surface area contributed by atoms with Crippen LogP contribution in [0.25, 0.3) is 0 Å². The number of rotatable bonds is 4. The van der Waals surface area contributed by atoms with E-state index in [0.29, 0.717) is 4.47 Å². The lowest BCUT2D eigenvalue weighted by atomic mass is 10.3. The zero-order valence-electron chi connectivity index (χ0n) is 11.0. The van der Waals surface area contributed by atoms with Crippen LogP contribution in [0.5, 0.6) is 0 Å². The minimum atomic E-state index is -0.678. The van der Waals surface area contributed by atoms with Crippen LogP contribution in [0.1, 0.15) is 0 Å². The van der Waals surface area contributed by atoms with Gasteiger partial charge in [0, 0.05) is 16.6 Å². The molecule has 1 heterocycles. The molecule has 0 saturated carbocycles. The smallest absolute Gasteiger partial charge is 0.285 e. The number of nitrogens with one attached hydrogen (secondary N) is 1. The first kappa shape index (κ1) is 15.8. The summed E-state index contributed by atoms with van der Waals surface area (Å²) >= 11 is 3.09. The molecule has 0 aliphatic rings. The maximum Gasteiger partial charge on any atom is 0.285 e. The Balaban J connectivity index is 2.17. The molecule has 0 unspecified atom stereocenters. The fraction of sp³-hybridized carbons (Fsp3) is 0.0769. The second kappa shape index (κ2) is 6.48. The van der Waals surface area contributed by atoms with Crippen molar-refractivity contribution in [3.63, 3.8) is 0 Å². The molecule has 1 N–H and O–H groups in total. The van der Waals surface area contributed by atoms with E-state index in [1.54, 1.807) is 0 Å². The number of nitro groups is 1.